The van der Waals surface area contributed by atoms with Gasteiger partial charge in [-0.25, -0.2) is 9.78 Å². The largest absolute Gasteiger partial charge is 0.450 e. The standard InChI is InChI=1S/C25H33N5O3/c1-3-33-24(32)30-17-25(18-30)8-6-20(16-25)28-11-13-29(14-12-28)23-21(5-4-9-26-23)19-7-10-27(2)22(31)15-19/h4-5,7,9-10,15,20H,3,6,8,11-14,16-18H2,1-2H3/t20-/m1/s1. The Morgan fingerprint density at radius 3 is 2.73 bits per heavy atom. The Morgan fingerprint density at radius 2 is 2.00 bits per heavy atom. The molecule has 0 unspecified atom stereocenters. The molecule has 4 heterocycles. The fraction of sp³-hybridized carbons (Fsp3) is 0.560. The van der Waals surface area contributed by atoms with Crippen LogP contribution in [0.25, 0.3) is 11.1 Å². The zero-order valence-corrected chi connectivity index (χ0v) is 19.6. The fourth-order valence-electron chi connectivity index (χ4n) is 5.77. The van der Waals surface area contributed by atoms with E-state index in [4.69, 9.17) is 4.74 Å². The molecule has 3 fully saturated rings. The number of pyridine rings is 2. The van der Waals surface area contributed by atoms with Gasteiger partial charge < -0.3 is 19.1 Å². The van der Waals surface area contributed by atoms with Crippen molar-refractivity contribution < 1.29 is 9.53 Å². The summed E-state index contributed by atoms with van der Waals surface area (Å²) >= 11 is 0. The molecule has 5 rings (SSSR count). The predicted octanol–water partition coefficient (Wildman–Crippen LogP) is 2.58. The zero-order valence-electron chi connectivity index (χ0n) is 19.6. The van der Waals surface area contributed by atoms with Crippen LogP contribution in [0, 0.1) is 5.41 Å². The van der Waals surface area contributed by atoms with Crippen LogP contribution in [0.2, 0.25) is 0 Å². The van der Waals surface area contributed by atoms with Crippen molar-refractivity contribution in [3.8, 4) is 11.1 Å². The van der Waals surface area contributed by atoms with Gasteiger partial charge in [-0.15, -0.1) is 0 Å². The molecule has 1 atom stereocenters. The molecule has 1 aliphatic carbocycles. The smallest absolute Gasteiger partial charge is 0.409 e. The van der Waals surface area contributed by atoms with Crippen molar-refractivity contribution in [3.63, 3.8) is 0 Å². The molecule has 176 valence electrons. The van der Waals surface area contributed by atoms with E-state index >= 15 is 0 Å². The number of aryl methyl sites for hydroxylation is 1. The molecular formula is C25H33N5O3. The lowest BCUT2D eigenvalue weighted by molar-refractivity contribution is -0.00294. The highest BCUT2D eigenvalue weighted by molar-refractivity contribution is 5.75. The lowest BCUT2D eigenvalue weighted by atomic mass is 9.78. The van der Waals surface area contributed by atoms with Crippen molar-refractivity contribution in [1.82, 2.24) is 19.4 Å². The van der Waals surface area contributed by atoms with Crippen LogP contribution in [0.4, 0.5) is 10.6 Å². The van der Waals surface area contributed by atoms with Gasteiger partial charge in [0, 0.05) is 81.8 Å². The van der Waals surface area contributed by atoms with Crippen molar-refractivity contribution in [2.24, 2.45) is 12.5 Å². The third-order valence-electron chi connectivity index (χ3n) is 7.59. The summed E-state index contributed by atoms with van der Waals surface area (Å²) in [5.41, 5.74) is 2.21. The molecule has 1 spiro atoms. The van der Waals surface area contributed by atoms with Crippen LogP contribution in [-0.4, -0.2) is 77.4 Å². The summed E-state index contributed by atoms with van der Waals surface area (Å²) in [6, 6.07) is 8.25. The Balaban J connectivity index is 1.20. The van der Waals surface area contributed by atoms with Gasteiger partial charge in [0.2, 0.25) is 0 Å². The van der Waals surface area contributed by atoms with E-state index < -0.39 is 0 Å². The summed E-state index contributed by atoms with van der Waals surface area (Å²) in [6.45, 7) is 7.85. The number of carbonyl (C=O) groups excluding carboxylic acids is 1. The second-order valence-electron chi connectivity index (χ2n) is 9.71. The van der Waals surface area contributed by atoms with Gasteiger partial charge in [0.05, 0.1) is 6.61 Å². The number of ether oxygens (including phenoxy) is 1. The van der Waals surface area contributed by atoms with Gasteiger partial charge in [-0.05, 0) is 49.9 Å². The van der Waals surface area contributed by atoms with Gasteiger partial charge in [0.1, 0.15) is 5.82 Å². The summed E-state index contributed by atoms with van der Waals surface area (Å²) in [7, 11) is 1.76. The Hall–Kier alpha value is -2.87. The topological polar surface area (TPSA) is 70.9 Å². The Morgan fingerprint density at radius 1 is 1.21 bits per heavy atom. The average molecular weight is 452 g/mol. The van der Waals surface area contributed by atoms with Gasteiger partial charge in [0.15, 0.2) is 0 Å². The molecule has 2 aliphatic heterocycles. The van der Waals surface area contributed by atoms with Crippen LogP contribution in [0.1, 0.15) is 26.2 Å². The molecule has 0 aromatic carbocycles. The molecule has 8 nitrogen and oxygen atoms in total. The molecule has 1 saturated carbocycles. The first-order valence-electron chi connectivity index (χ1n) is 12.0. The first-order chi connectivity index (χ1) is 16.0. The van der Waals surface area contributed by atoms with E-state index in [1.807, 2.05) is 36.4 Å². The Bertz CT molecular complexity index is 1070. The SMILES string of the molecule is CCOC(=O)N1CC2(CC[C@@H](N3CCN(c4ncccc4-c4ccn(C)c(=O)c4)CC3)C2)C1. The van der Waals surface area contributed by atoms with E-state index in [9.17, 15) is 9.59 Å². The molecular weight excluding hydrogens is 418 g/mol. The maximum absolute atomic E-state index is 12.2. The highest BCUT2D eigenvalue weighted by Crippen LogP contribution is 2.47. The molecule has 2 aromatic heterocycles. The lowest BCUT2D eigenvalue weighted by Crippen LogP contribution is -2.58. The third kappa shape index (κ3) is 4.24. The molecule has 0 bridgehead atoms. The van der Waals surface area contributed by atoms with Crippen LogP contribution in [-0.2, 0) is 11.8 Å². The number of carbonyl (C=O) groups is 1. The molecule has 0 N–H and O–H groups in total. The molecule has 2 saturated heterocycles. The number of hydrogen-bond donors (Lipinski definition) is 0. The van der Waals surface area contributed by atoms with E-state index in [-0.39, 0.29) is 11.7 Å². The number of hydrogen-bond acceptors (Lipinski definition) is 6. The van der Waals surface area contributed by atoms with Crippen LogP contribution < -0.4 is 10.5 Å². The second-order valence-corrected chi connectivity index (χ2v) is 9.71. The summed E-state index contributed by atoms with van der Waals surface area (Å²) in [5.74, 6) is 0.956. The summed E-state index contributed by atoms with van der Waals surface area (Å²) in [4.78, 5) is 35.6. The minimum Gasteiger partial charge on any atom is -0.450 e. The van der Waals surface area contributed by atoms with Crippen LogP contribution in [0.15, 0.2) is 41.5 Å². The van der Waals surface area contributed by atoms with Gasteiger partial charge in [0.25, 0.3) is 5.56 Å². The highest BCUT2D eigenvalue weighted by atomic mass is 16.6. The Kier molecular flexibility index (Phi) is 5.86. The molecule has 2 aromatic rings. The zero-order chi connectivity index (χ0) is 23.0. The summed E-state index contributed by atoms with van der Waals surface area (Å²) in [5, 5.41) is 0. The number of amides is 1. The first-order valence-corrected chi connectivity index (χ1v) is 12.0. The molecule has 0 radical (unpaired) electrons. The highest BCUT2D eigenvalue weighted by Gasteiger charge is 2.51. The van der Waals surface area contributed by atoms with Crippen LogP contribution in [0.3, 0.4) is 0 Å². The van der Waals surface area contributed by atoms with Crippen LogP contribution in [0.5, 0.6) is 0 Å². The molecule has 3 aliphatic rings. The fourth-order valence-corrected chi connectivity index (χ4v) is 5.77. The lowest BCUT2D eigenvalue weighted by Gasteiger charge is -2.48. The minimum atomic E-state index is -0.164. The molecule has 8 heteroatoms. The molecule has 1 amide bonds. The van der Waals surface area contributed by atoms with Crippen molar-refractivity contribution in [1.29, 1.82) is 0 Å². The van der Waals surface area contributed by atoms with Gasteiger partial charge in [-0.1, -0.05) is 0 Å². The van der Waals surface area contributed by atoms with Crippen LogP contribution >= 0.6 is 0 Å². The molecule has 33 heavy (non-hydrogen) atoms. The van der Waals surface area contributed by atoms with Gasteiger partial charge in [-0.2, -0.15) is 0 Å². The van der Waals surface area contributed by atoms with E-state index in [2.05, 4.69) is 20.9 Å². The first kappa shape index (κ1) is 21.9. The average Bonchev–Trinajstić information content (AvgIpc) is 3.26. The van der Waals surface area contributed by atoms with Gasteiger partial charge in [-0.3, -0.25) is 9.69 Å². The van der Waals surface area contributed by atoms with E-state index in [0.29, 0.717) is 18.1 Å². The maximum Gasteiger partial charge on any atom is 0.409 e. The predicted molar refractivity (Wildman–Crippen MR) is 127 cm³/mol. The number of rotatable bonds is 4. The van der Waals surface area contributed by atoms with E-state index in [0.717, 1.165) is 56.2 Å². The second kappa shape index (κ2) is 8.82. The van der Waals surface area contributed by atoms with Gasteiger partial charge >= 0.3 is 6.09 Å². The van der Waals surface area contributed by atoms with Crippen molar-refractivity contribution in [2.75, 3.05) is 50.8 Å². The van der Waals surface area contributed by atoms with Crippen molar-refractivity contribution >= 4 is 11.9 Å². The van der Waals surface area contributed by atoms with E-state index in [1.165, 1.54) is 19.3 Å². The quantitative estimate of drug-likeness (QED) is 0.712. The normalized spacial score (nSPS) is 22.4. The monoisotopic (exact) mass is 451 g/mol. The number of likely N-dealkylation sites (tertiary alicyclic amines) is 1. The maximum atomic E-state index is 12.2. The summed E-state index contributed by atoms with van der Waals surface area (Å²) in [6.07, 6.45) is 7.05. The third-order valence-corrected chi connectivity index (χ3v) is 7.59. The van der Waals surface area contributed by atoms with Crippen molar-refractivity contribution in [2.45, 2.75) is 32.2 Å². The minimum absolute atomic E-state index is 0.0141. The Labute approximate surface area is 194 Å². The van der Waals surface area contributed by atoms with E-state index in [1.54, 1.807) is 17.7 Å². The number of nitrogens with zero attached hydrogens (tertiary/aromatic N) is 5. The number of anilines is 1. The number of aromatic nitrogens is 2. The summed E-state index contributed by atoms with van der Waals surface area (Å²) < 4.78 is 6.73. The van der Waals surface area contributed by atoms with Crippen molar-refractivity contribution in [3.05, 3.63) is 47.0 Å². The number of piperazine rings is 1.